The van der Waals surface area contributed by atoms with E-state index in [1.54, 1.807) is 0 Å². The molecular weight excluding hydrogens is 312 g/mol. The van der Waals surface area contributed by atoms with Crippen LogP contribution < -0.4 is 9.16 Å². The van der Waals surface area contributed by atoms with Crippen LogP contribution in [0.5, 0.6) is 11.5 Å². The quantitative estimate of drug-likeness (QED) is 0.661. The van der Waals surface area contributed by atoms with Crippen LogP contribution in [0.2, 0.25) is 19.6 Å². The Morgan fingerprint density at radius 1 is 0.917 bits per heavy atom. The Labute approximate surface area is 146 Å². The fourth-order valence-electron chi connectivity index (χ4n) is 3.79. The zero-order valence-electron chi connectivity index (χ0n) is 15.6. The van der Waals surface area contributed by atoms with Crippen LogP contribution in [0.3, 0.4) is 0 Å². The largest absolute Gasteiger partial charge is 0.544 e. The normalized spacial score (nSPS) is 22.4. The molecule has 0 aromatic heterocycles. The maximum Gasteiger partial charge on any atom is 0.242 e. The molecule has 2 aromatic carbocycles. The molecule has 0 radical (unpaired) electrons. The van der Waals surface area contributed by atoms with Gasteiger partial charge >= 0.3 is 0 Å². The fraction of sp³-hybridized carbons (Fsp3) is 0.429. The Balaban J connectivity index is 2.01. The highest BCUT2D eigenvalue weighted by atomic mass is 28.4. The van der Waals surface area contributed by atoms with E-state index in [0.29, 0.717) is 0 Å². The van der Waals surface area contributed by atoms with E-state index in [9.17, 15) is 0 Å². The van der Waals surface area contributed by atoms with Gasteiger partial charge < -0.3 is 9.16 Å². The van der Waals surface area contributed by atoms with E-state index < -0.39 is 8.32 Å². The lowest BCUT2D eigenvalue weighted by molar-refractivity contribution is 0.0583. The van der Waals surface area contributed by atoms with E-state index in [-0.39, 0.29) is 11.0 Å². The summed E-state index contributed by atoms with van der Waals surface area (Å²) in [6.45, 7) is 13.3. The summed E-state index contributed by atoms with van der Waals surface area (Å²) in [6.07, 6.45) is 0.950. The number of rotatable bonds is 3. The molecule has 0 spiro atoms. The highest BCUT2D eigenvalue weighted by molar-refractivity contribution is 6.70. The van der Waals surface area contributed by atoms with E-state index in [2.05, 4.69) is 82.9 Å². The SMILES string of the molecule is CC1(C)CC(C)(c2ccc(O[Si](C)(C)C)cc2)c2ccccc2O1. The molecule has 0 saturated heterocycles. The molecule has 0 aliphatic carbocycles. The maximum atomic E-state index is 6.21. The van der Waals surface area contributed by atoms with Gasteiger partial charge in [0.25, 0.3) is 0 Å². The van der Waals surface area contributed by atoms with Crippen molar-refractivity contribution in [1.82, 2.24) is 0 Å². The van der Waals surface area contributed by atoms with Crippen molar-refractivity contribution in [2.45, 2.75) is 57.8 Å². The fourth-order valence-corrected chi connectivity index (χ4v) is 4.64. The third-order valence-electron chi connectivity index (χ3n) is 4.56. The van der Waals surface area contributed by atoms with Crippen molar-refractivity contribution < 1.29 is 9.16 Å². The highest BCUT2D eigenvalue weighted by Gasteiger charge is 2.42. The van der Waals surface area contributed by atoms with Gasteiger partial charge in [0.05, 0.1) is 0 Å². The van der Waals surface area contributed by atoms with Gasteiger partial charge in [-0.25, -0.2) is 0 Å². The maximum absolute atomic E-state index is 6.21. The van der Waals surface area contributed by atoms with E-state index >= 15 is 0 Å². The minimum absolute atomic E-state index is 0.0595. The monoisotopic (exact) mass is 340 g/mol. The van der Waals surface area contributed by atoms with Crippen molar-refractivity contribution in [3.8, 4) is 11.5 Å². The lowest BCUT2D eigenvalue weighted by Crippen LogP contribution is -2.43. The molecule has 1 aliphatic heterocycles. The average Bonchev–Trinajstić information content (AvgIpc) is 2.45. The standard InChI is InChI=1S/C21H28O2Si/c1-20(2)15-21(3,18-9-7-8-10-19(18)22-20)16-11-13-17(14-12-16)23-24(4,5)6/h7-14H,15H2,1-6H3. The summed E-state index contributed by atoms with van der Waals surface area (Å²) in [5, 5.41) is 0. The van der Waals surface area contributed by atoms with Crippen molar-refractivity contribution in [3.63, 3.8) is 0 Å². The van der Waals surface area contributed by atoms with Gasteiger partial charge in [-0.05, 0) is 57.3 Å². The summed E-state index contributed by atoms with van der Waals surface area (Å²) in [5.74, 6) is 1.97. The predicted octanol–water partition coefficient (Wildman–Crippen LogP) is 5.77. The van der Waals surface area contributed by atoms with Gasteiger partial charge in [-0.2, -0.15) is 0 Å². The Morgan fingerprint density at radius 2 is 1.54 bits per heavy atom. The lowest BCUT2D eigenvalue weighted by Gasteiger charge is -2.44. The van der Waals surface area contributed by atoms with Crippen LogP contribution in [0.1, 0.15) is 38.3 Å². The van der Waals surface area contributed by atoms with E-state index in [1.807, 2.05) is 6.07 Å². The number of fused-ring (bicyclic) bond motifs is 1. The van der Waals surface area contributed by atoms with Crippen LogP contribution in [0, 0.1) is 0 Å². The number of benzene rings is 2. The molecule has 0 N–H and O–H groups in total. The molecule has 2 aromatic rings. The van der Waals surface area contributed by atoms with Crippen LogP contribution in [-0.4, -0.2) is 13.9 Å². The first-order valence-corrected chi connectivity index (χ1v) is 12.1. The Kier molecular flexibility index (Phi) is 4.03. The number of hydrogen-bond acceptors (Lipinski definition) is 2. The summed E-state index contributed by atoms with van der Waals surface area (Å²) >= 11 is 0. The van der Waals surface area contributed by atoms with Crippen LogP contribution in [-0.2, 0) is 5.41 Å². The molecule has 0 fully saturated rings. The van der Waals surface area contributed by atoms with Gasteiger partial charge in [-0.15, -0.1) is 0 Å². The Bertz CT molecular complexity index is 728. The number of hydrogen-bond donors (Lipinski definition) is 0. The van der Waals surface area contributed by atoms with Crippen LogP contribution in [0.15, 0.2) is 48.5 Å². The van der Waals surface area contributed by atoms with Gasteiger partial charge in [0.15, 0.2) is 0 Å². The van der Waals surface area contributed by atoms with Gasteiger partial charge in [0.2, 0.25) is 8.32 Å². The summed E-state index contributed by atoms with van der Waals surface area (Å²) in [6, 6.07) is 17.1. The predicted molar refractivity (Wildman–Crippen MR) is 103 cm³/mol. The second-order valence-electron chi connectivity index (χ2n) is 8.61. The second-order valence-corrected chi connectivity index (χ2v) is 13.0. The molecule has 128 valence electrons. The molecule has 1 aliphatic rings. The number of ether oxygens (including phenoxy) is 1. The minimum Gasteiger partial charge on any atom is -0.544 e. The molecule has 3 heteroatoms. The molecule has 1 heterocycles. The molecule has 0 saturated carbocycles. The summed E-state index contributed by atoms with van der Waals surface area (Å²) in [5.41, 5.74) is 2.34. The average molecular weight is 341 g/mol. The molecule has 3 rings (SSSR count). The molecule has 0 bridgehead atoms. The van der Waals surface area contributed by atoms with Gasteiger partial charge in [0.1, 0.15) is 17.1 Å². The highest BCUT2D eigenvalue weighted by Crippen LogP contribution is 2.48. The molecule has 0 amide bonds. The van der Waals surface area contributed by atoms with Gasteiger partial charge in [-0.3, -0.25) is 0 Å². The Morgan fingerprint density at radius 3 is 2.17 bits per heavy atom. The third-order valence-corrected chi connectivity index (χ3v) is 5.41. The van der Waals surface area contributed by atoms with Gasteiger partial charge in [-0.1, -0.05) is 37.3 Å². The van der Waals surface area contributed by atoms with Crippen molar-refractivity contribution in [3.05, 3.63) is 59.7 Å². The summed E-state index contributed by atoms with van der Waals surface area (Å²) < 4.78 is 12.3. The minimum atomic E-state index is -1.57. The second kappa shape index (κ2) is 5.66. The van der Waals surface area contributed by atoms with Crippen LogP contribution in [0.4, 0.5) is 0 Å². The first kappa shape index (κ1) is 17.1. The zero-order valence-corrected chi connectivity index (χ0v) is 16.6. The molecule has 24 heavy (non-hydrogen) atoms. The molecular formula is C21H28O2Si. The smallest absolute Gasteiger partial charge is 0.242 e. The summed E-state index contributed by atoms with van der Waals surface area (Å²) in [4.78, 5) is 0. The molecule has 1 unspecified atom stereocenters. The first-order chi connectivity index (χ1) is 11.1. The lowest BCUT2D eigenvalue weighted by atomic mass is 9.68. The number of para-hydroxylation sites is 1. The van der Waals surface area contributed by atoms with Gasteiger partial charge in [0, 0.05) is 17.4 Å². The van der Waals surface area contributed by atoms with Crippen molar-refractivity contribution in [1.29, 1.82) is 0 Å². The van der Waals surface area contributed by atoms with E-state index in [1.165, 1.54) is 11.1 Å². The Hall–Kier alpha value is -1.74. The molecule has 1 atom stereocenters. The molecule has 2 nitrogen and oxygen atoms in total. The first-order valence-electron chi connectivity index (χ1n) is 8.67. The third kappa shape index (κ3) is 3.36. The van der Waals surface area contributed by atoms with Crippen molar-refractivity contribution in [2.24, 2.45) is 0 Å². The van der Waals surface area contributed by atoms with Crippen LogP contribution in [0.25, 0.3) is 0 Å². The van der Waals surface area contributed by atoms with E-state index in [0.717, 1.165) is 17.9 Å². The van der Waals surface area contributed by atoms with E-state index in [4.69, 9.17) is 9.16 Å². The van der Waals surface area contributed by atoms with Crippen LogP contribution >= 0.6 is 0 Å². The topological polar surface area (TPSA) is 18.5 Å². The summed E-state index contributed by atoms with van der Waals surface area (Å²) in [7, 11) is -1.57. The zero-order chi connectivity index (χ0) is 17.6. The van der Waals surface area contributed by atoms with Crippen molar-refractivity contribution in [2.75, 3.05) is 0 Å². The van der Waals surface area contributed by atoms with Crippen molar-refractivity contribution >= 4 is 8.32 Å².